The third-order valence-corrected chi connectivity index (χ3v) is 3.31. The second-order valence-electron chi connectivity index (χ2n) is 4.42. The fourth-order valence-corrected chi connectivity index (χ4v) is 2.27. The molecule has 74 valence electrons. The topological polar surface area (TPSA) is 35.5 Å². The van der Waals surface area contributed by atoms with Crippen molar-refractivity contribution < 1.29 is 14.3 Å². The van der Waals surface area contributed by atoms with Gasteiger partial charge in [0.1, 0.15) is 11.4 Å². The van der Waals surface area contributed by atoms with Crippen LogP contribution in [-0.2, 0) is 14.3 Å². The lowest BCUT2D eigenvalue weighted by Crippen LogP contribution is -2.52. The van der Waals surface area contributed by atoms with Gasteiger partial charge in [0.2, 0.25) is 0 Å². The van der Waals surface area contributed by atoms with Gasteiger partial charge in [-0.3, -0.25) is 4.79 Å². The Hall–Kier alpha value is -0.410. The molecule has 2 fully saturated rings. The lowest BCUT2D eigenvalue weighted by atomic mass is 9.79. The van der Waals surface area contributed by atoms with Crippen LogP contribution < -0.4 is 0 Å². The second kappa shape index (κ2) is 2.79. The zero-order chi connectivity index (χ0) is 9.53. The number of hydrogen-bond donors (Lipinski definition) is 0. The molecule has 0 N–H and O–H groups in total. The first-order chi connectivity index (χ1) is 6.06. The van der Waals surface area contributed by atoms with Crippen molar-refractivity contribution in [2.24, 2.45) is 0 Å². The van der Waals surface area contributed by atoms with Gasteiger partial charge in [0, 0.05) is 19.3 Å². The van der Waals surface area contributed by atoms with Gasteiger partial charge >= 0.3 is 0 Å². The van der Waals surface area contributed by atoms with Gasteiger partial charge in [0.25, 0.3) is 0 Å². The summed E-state index contributed by atoms with van der Waals surface area (Å²) in [5, 5.41) is 0. The minimum absolute atomic E-state index is 0.302. The molecule has 2 aliphatic rings. The number of ketones is 1. The van der Waals surface area contributed by atoms with Crippen molar-refractivity contribution in [2.75, 3.05) is 13.2 Å². The predicted molar refractivity (Wildman–Crippen MR) is 47.6 cm³/mol. The van der Waals surface area contributed by atoms with Crippen molar-refractivity contribution in [1.82, 2.24) is 0 Å². The molecule has 0 amide bonds. The first-order valence-electron chi connectivity index (χ1n) is 4.85. The summed E-state index contributed by atoms with van der Waals surface area (Å²) in [5.41, 5.74) is -0.634. The minimum atomic E-state index is -0.331. The molecule has 2 heterocycles. The van der Waals surface area contributed by atoms with Crippen LogP contribution in [0.1, 0.15) is 33.1 Å². The molecule has 1 atom stereocenters. The monoisotopic (exact) mass is 184 g/mol. The first kappa shape index (κ1) is 9.16. The van der Waals surface area contributed by atoms with E-state index in [9.17, 15) is 4.79 Å². The molecule has 3 heteroatoms. The van der Waals surface area contributed by atoms with Crippen LogP contribution in [0, 0.1) is 0 Å². The van der Waals surface area contributed by atoms with Crippen molar-refractivity contribution in [1.29, 1.82) is 0 Å². The van der Waals surface area contributed by atoms with Crippen molar-refractivity contribution in [3.05, 3.63) is 0 Å². The third kappa shape index (κ3) is 1.30. The lowest BCUT2D eigenvalue weighted by Gasteiger charge is -2.41. The molecule has 2 aliphatic heterocycles. The quantitative estimate of drug-likeness (QED) is 0.569. The van der Waals surface area contributed by atoms with E-state index in [0.717, 1.165) is 6.42 Å². The van der Waals surface area contributed by atoms with Crippen LogP contribution in [0.25, 0.3) is 0 Å². The number of carbonyl (C=O) groups excluding carboxylic acids is 1. The molecule has 0 saturated carbocycles. The fraction of sp³-hybridized carbons (Fsp3) is 0.900. The van der Waals surface area contributed by atoms with Crippen molar-refractivity contribution >= 4 is 5.78 Å². The van der Waals surface area contributed by atoms with Gasteiger partial charge in [-0.05, 0) is 13.8 Å². The molecule has 1 spiro atoms. The van der Waals surface area contributed by atoms with E-state index in [1.807, 2.05) is 13.8 Å². The highest BCUT2D eigenvalue weighted by atomic mass is 16.6. The Kier molecular flexibility index (Phi) is 1.96. The van der Waals surface area contributed by atoms with E-state index in [0.29, 0.717) is 31.8 Å². The number of hydrogen-bond acceptors (Lipinski definition) is 3. The Morgan fingerprint density at radius 1 is 1.23 bits per heavy atom. The standard InChI is InChI=1S/C10H16O3/c1-9(2)10(4-6-12-9)7-8(11)3-5-13-10/h3-7H2,1-2H3. The van der Waals surface area contributed by atoms with Gasteiger partial charge in [0.05, 0.1) is 18.8 Å². The van der Waals surface area contributed by atoms with Gasteiger partial charge in [-0.2, -0.15) is 0 Å². The summed E-state index contributed by atoms with van der Waals surface area (Å²) in [6.07, 6.45) is 1.95. The molecule has 0 aromatic carbocycles. The van der Waals surface area contributed by atoms with Gasteiger partial charge < -0.3 is 9.47 Å². The summed E-state index contributed by atoms with van der Waals surface area (Å²) in [6, 6.07) is 0. The second-order valence-corrected chi connectivity index (χ2v) is 4.42. The van der Waals surface area contributed by atoms with Crippen LogP contribution in [0.5, 0.6) is 0 Å². The Bertz CT molecular complexity index is 234. The van der Waals surface area contributed by atoms with E-state index in [4.69, 9.17) is 9.47 Å². The molecular formula is C10H16O3. The van der Waals surface area contributed by atoms with E-state index >= 15 is 0 Å². The number of carbonyl (C=O) groups is 1. The molecule has 0 bridgehead atoms. The molecule has 0 aromatic rings. The normalized spacial score (nSPS) is 38.5. The highest BCUT2D eigenvalue weighted by Crippen LogP contribution is 2.43. The highest BCUT2D eigenvalue weighted by molar-refractivity contribution is 5.80. The smallest absolute Gasteiger partial charge is 0.138 e. The summed E-state index contributed by atoms with van der Waals surface area (Å²) in [5.74, 6) is 0.310. The summed E-state index contributed by atoms with van der Waals surface area (Å²) >= 11 is 0. The maximum atomic E-state index is 11.4. The largest absolute Gasteiger partial charge is 0.372 e. The maximum absolute atomic E-state index is 11.4. The van der Waals surface area contributed by atoms with E-state index in [1.54, 1.807) is 0 Å². The summed E-state index contributed by atoms with van der Waals surface area (Å²) < 4.78 is 11.4. The highest BCUT2D eigenvalue weighted by Gasteiger charge is 2.53. The van der Waals surface area contributed by atoms with E-state index < -0.39 is 0 Å². The van der Waals surface area contributed by atoms with Crippen LogP contribution in [0.4, 0.5) is 0 Å². The average molecular weight is 184 g/mol. The van der Waals surface area contributed by atoms with E-state index in [-0.39, 0.29) is 11.2 Å². The third-order valence-electron chi connectivity index (χ3n) is 3.31. The number of rotatable bonds is 0. The van der Waals surface area contributed by atoms with Gasteiger partial charge in [-0.15, -0.1) is 0 Å². The Morgan fingerprint density at radius 3 is 2.54 bits per heavy atom. The van der Waals surface area contributed by atoms with Crippen LogP contribution in [0.2, 0.25) is 0 Å². The van der Waals surface area contributed by atoms with Crippen LogP contribution >= 0.6 is 0 Å². The summed E-state index contributed by atoms with van der Waals surface area (Å²) in [7, 11) is 0. The zero-order valence-electron chi connectivity index (χ0n) is 8.26. The Labute approximate surface area is 78.4 Å². The fourth-order valence-electron chi connectivity index (χ4n) is 2.27. The molecule has 0 aromatic heterocycles. The van der Waals surface area contributed by atoms with Gasteiger partial charge in [0.15, 0.2) is 0 Å². The first-order valence-corrected chi connectivity index (χ1v) is 4.85. The molecule has 13 heavy (non-hydrogen) atoms. The lowest BCUT2D eigenvalue weighted by molar-refractivity contribution is -0.168. The number of ether oxygens (including phenoxy) is 2. The molecular weight excluding hydrogens is 168 g/mol. The Balaban J connectivity index is 2.23. The summed E-state index contributed by atoms with van der Waals surface area (Å²) in [6.45, 7) is 5.29. The molecule has 3 nitrogen and oxygen atoms in total. The number of Topliss-reactive ketones (excluding diaryl/α,β-unsaturated/α-hetero) is 1. The van der Waals surface area contributed by atoms with Crippen molar-refractivity contribution in [2.45, 2.75) is 44.3 Å². The van der Waals surface area contributed by atoms with E-state index in [2.05, 4.69) is 0 Å². The molecule has 0 radical (unpaired) electrons. The van der Waals surface area contributed by atoms with E-state index in [1.165, 1.54) is 0 Å². The Morgan fingerprint density at radius 2 is 2.00 bits per heavy atom. The minimum Gasteiger partial charge on any atom is -0.372 e. The van der Waals surface area contributed by atoms with Crippen molar-refractivity contribution in [3.63, 3.8) is 0 Å². The molecule has 1 unspecified atom stereocenters. The zero-order valence-corrected chi connectivity index (χ0v) is 8.26. The van der Waals surface area contributed by atoms with Crippen molar-refractivity contribution in [3.8, 4) is 0 Å². The maximum Gasteiger partial charge on any atom is 0.138 e. The average Bonchev–Trinajstić information content (AvgIpc) is 2.27. The van der Waals surface area contributed by atoms with Gasteiger partial charge in [-0.25, -0.2) is 0 Å². The molecule has 2 rings (SSSR count). The predicted octanol–water partition coefficient (Wildman–Crippen LogP) is 1.30. The van der Waals surface area contributed by atoms with Crippen LogP contribution in [0.3, 0.4) is 0 Å². The molecule has 0 aliphatic carbocycles. The summed E-state index contributed by atoms with van der Waals surface area (Å²) in [4.78, 5) is 11.4. The SMILES string of the molecule is CC1(C)OCCC12CC(=O)CCO2. The van der Waals surface area contributed by atoms with Crippen LogP contribution in [0.15, 0.2) is 0 Å². The van der Waals surface area contributed by atoms with Gasteiger partial charge in [-0.1, -0.05) is 0 Å². The van der Waals surface area contributed by atoms with Crippen LogP contribution in [-0.4, -0.2) is 30.2 Å². The molecule has 2 saturated heterocycles.